The highest BCUT2D eigenvalue weighted by atomic mass is 16.7. The summed E-state index contributed by atoms with van der Waals surface area (Å²) in [5.41, 5.74) is 0. The van der Waals surface area contributed by atoms with E-state index in [1.807, 2.05) is 0 Å². The number of carbonyl (C=O) groups is 2. The van der Waals surface area contributed by atoms with Crippen molar-refractivity contribution in [2.24, 2.45) is 5.92 Å². The van der Waals surface area contributed by atoms with Crippen molar-refractivity contribution < 1.29 is 19.1 Å². The minimum Gasteiger partial charge on any atom is -0.425 e. The van der Waals surface area contributed by atoms with E-state index in [0.29, 0.717) is 12.8 Å². The van der Waals surface area contributed by atoms with Crippen molar-refractivity contribution in [3.05, 3.63) is 0 Å². The third-order valence-electron chi connectivity index (χ3n) is 1.57. The number of ether oxygens (including phenoxy) is 2. The highest BCUT2D eigenvalue weighted by Gasteiger charge is 2.27. The van der Waals surface area contributed by atoms with Crippen molar-refractivity contribution >= 4 is 11.9 Å². The van der Waals surface area contributed by atoms with E-state index in [9.17, 15) is 9.59 Å². The molecule has 0 aromatic rings. The molecule has 0 amide bonds. The van der Waals surface area contributed by atoms with Crippen LogP contribution in [0.4, 0.5) is 0 Å². The molecule has 1 unspecified atom stereocenters. The van der Waals surface area contributed by atoms with Gasteiger partial charge < -0.3 is 9.47 Å². The summed E-state index contributed by atoms with van der Waals surface area (Å²) in [5, 5.41) is 0. The molecule has 68 valence electrons. The Morgan fingerprint density at radius 2 is 2.33 bits per heavy atom. The van der Waals surface area contributed by atoms with Gasteiger partial charge in [-0.25, -0.2) is 0 Å². The maximum absolute atomic E-state index is 11.0. The monoisotopic (exact) mass is 172 g/mol. The molecule has 0 bridgehead atoms. The lowest BCUT2D eigenvalue weighted by molar-refractivity contribution is -0.179. The van der Waals surface area contributed by atoms with Gasteiger partial charge in [-0.15, -0.1) is 0 Å². The highest BCUT2D eigenvalue weighted by molar-refractivity contribution is 5.74. The fourth-order valence-corrected chi connectivity index (χ4v) is 0.849. The van der Waals surface area contributed by atoms with Gasteiger partial charge in [-0.3, -0.25) is 9.59 Å². The minimum atomic E-state index is -0.646. The second-order valence-corrected chi connectivity index (χ2v) is 3.05. The predicted molar refractivity (Wildman–Crippen MR) is 40.0 cm³/mol. The van der Waals surface area contributed by atoms with Crippen LogP contribution < -0.4 is 0 Å². The van der Waals surface area contributed by atoms with Crippen LogP contribution in [0.15, 0.2) is 0 Å². The lowest BCUT2D eigenvalue weighted by Gasteiger charge is -2.11. The first-order valence-electron chi connectivity index (χ1n) is 3.99. The Labute approximate surface area is 70.8 Å². The molecular formula is C8H12O4. The van der Waals surface area contributed by atoms with Crippen molar-refractivity contribution in [2.75, 3.05) is 0 Å². The van der Waals surface area contributed by atoms with Crippen LogP contribution in [0.2, 0.25) is 0 Å². The van der Waals surface area contributed by atoms with Crippen LogP contribution in [0, 0.1) is 5.92 Å². The first kappa shape index (κ1) is 9.03. The van der Waals surface area contributed by atoms with Gasteiger partial charge in [0, 0.05) is 6.42 Å². The Hall–Kier alpha value is -1.06. The van der Waals surface area contributed by atoms with Gasteiger partial charge in [0.05, 0.1) is 12.3 Å². The molecule has 1 heterocycles. The molecule has 1 aliphatic rings. The number of cyclic esters (lactones) is 1. The van der Waals surface area contributed by atoms with Crippen LogP contribution in [-0.4, -0.2) is 18.2 Å². The third-order valence-corrected chi connectivity index (χ3v) is 1.57. The van der Waals surface area contributed by atoms with Crippen molar-refractivity contribution in [3.63, 3.8) is 0 Å². The van der Waals surface area contributed by atoms with E-state index in [2.05, 4.69) is 0 Å². The summed E-state index contributed by atoms with van der Waals surface area (Å²) in [7, 11) is 0. The molecule has 0 radical (unpaired) electrons. The van der Waals surface area contributed by atoms with Crippen LogP contribution in [0.25, 0.3) is 0 Å². The average molecular weight is 172 g/mol. The standard InChI is InChI=1S/C8H12O4/c1-5(2)8(10)12-7-4-3-6(9)11-7/h5,7H,3-4H2,1-2H3. The van der Waals surface area contributed by atoms with Gasteiger partial charge in [-0.2, -0.15) is 0 Å². The Morgan fingerprint density at radius 1 is 1.67 bits per heavy atom. The zero-order valence-electron chi connectivity index (χ0n) is 7.20. The zero-order chi connectivity index (χ0) is 9.14. The van der Waals surface area contributed by atoms with Gasteiger partial charge in [0.1, 0.15) is 0 Å². The van der Waals surface area contributed by atoms with Crippen LogP contribution in [0.1, 0.15) is 26.7 Å². The van der Waals surface area contributed by atoms with Crippen LogP contribution in [0.3, 0.4) is 0 Å². The Morgan fingerprint density at radius 3 is 2.75 bits per heavy atom. The maximum atomic E-state index is 11.0. The number of rotatable bonds is 2. The molecule has 1 fully saturated rings. The molecule has 0 N–H and O–H groups in total. The van der Waals surface area contributed by atoms with Crippen LogP contribution >= 0.6 is 0 Å². The Balaban J connectivity index is 2.32. The zero-order valence-corrected chi connectivity index (χ0v) is 7.20. The summed E-state index contributed by atoms with van der Waals surface area (Å²) in [4.78, 5) is 21.6. The molecule has 0 aromatic carbocycles. The van der Waals surface area contributed by atoms with Crippen molar-refractivity contribution in [1.82, 2.24) is 0 Å². The number of esters is 2. The van der Waals surface area contributed by atoms with E-state index in [1.54, 1.807) is 13.8 Å². The Bertz CT molecular complexity index is 197. The molecule has 4 heteroatoms. The molecule has 0 spiro atoms. The summed E-state index contributed by atoms with van der Waals surface area (Å²) >= 11 is 0. The van der Waals surface area contributed by atoms with Gasteiger partial charge >= 0.3 is 11.9 Å². The topological polar surface area (TPSA) is 52.6 Å². The third kappa shape index (κ3) is 2.22. The van der Waals surface area contributed by atoms with Crippen molar-refractivity contribution in [3.8, 4) is 0 Å². The number of hydrogen-bond donors (Lipinski definition) is 0. The summed E-state index contributed by atoms with van der Waals surface area (Å²) in [5.74, 6) is -0.796. The van der Waals surface area contributed by atoms with Gasteiger partial charge in [0.25, 0.3) is 0 Å². The van der Waals surface area contributed by atoms with E-state index in [0.717, 1.165) is 0 Å². The molecule has 0 aromatic heterocycles. The molecule has 4 nitrogen and oxygen atoms in total. The van der Waals surface area contributed by atoms with Crippen LogP contribution in [0.5, 0.6) is 0 Å². The number of hydrogen-bond acceptors (Lipinski definition) is 4. The second-order valence-electron chi connectivity index (χ2n) is 3.05. The molecular weight excluding hydrogens is 160 g/mol. The smallest absolute Gasteiger partial charge is 0.311 e. The summed E-state index contributed by atoms with van der Waals surface area (Å²) in [6.45, 7) is 3.47. The van der Waals surface area contributed by atoms with Gasteiger partial charge in [-0.05, 0) is 0 Å². The molecule has 1 aliphatic heterocycles. The first-order chi connectivity index (χ1) is 5.59. The van der Waals surface area contributed by atoms with Crippen molar-refractivity contribution in [2.45, 2.75) is 33.0 Å². The maximum Gasteiger partial charge on any atom is 0.311 e. The highest BCUT2D eigenvalue weighted by Crippen LogP contribution is 2.16. The quantitative estimate of drug-likeness (QED) is 0.579. The molecule has 0 aliphatic carbocycles. The largest absolute Gasteiger partial charge is 0.425 e. The minimum absolute atomic E-state index is 0.177. The van der Waals surface area contributed by atoms with E-state index in [1.165, 1.54) is 0 Å². The number of carbonyl (C=O) groups excluding carboxylic acids is 2. The van der Waals surface area contributed by atoms with Gasteiger partial charge in [0.15, 0.2) is 0 Å². The van der Waals surface area contributed by atoms with Crippen LogP contribution in [-0.2, 0) is 19.1 Å². The molecule has 1 atom stereocenters. The fraction of sp³-hybridized carbons (Fsp3) is 0.750. The average Bonchev–Trinajstić information content (AvgIpc) is 2.35. The van der Waals surface area contributed by atoms with E-state index >= 15 is 0 Å². The second kappa shape index (κ2) is 3.56. The lowest BCUT2D eigenvalue weighted by atomic mass is 10.2. The normalized spacial score (nSPS) is 22.6. The van der Waals surface area contributed by atoms with Gasteiger partial charge in [0.2, 0.25) is 6.29 Å². The predicted octanol–water partition coefficient (Wildman–Crippen LogP) is 0.849. The first-order valence-corrected chi connectivity index (χ1v) is 3.99. The molecule has 1 saturated heterocycles. The van der Waals surface area contributed by atoms with E-state index in [-0.39, 0.29) is 17.9 Å². The Kier molecular flexibility index (Phi) is 2.68. The summed E-state index contributed by atoms with van der Waals surface area (Å²) < 4.78 is 9.56. The molecule has 0 saturated carbocycles. The molecule has 1 rings (SSSR count). The van der Waals surface area contributed by atoms with Gasteiger partial charge in [-0.1, -0.05) is 13.8 Å². The SMILES string of the molecule is CC(C)C(=O)OC1CCC(=O)O1. The lowest BCUT2D eigenvalue weighted by Crippen LogP contribution is -2.20. The van der Waals surface area contributed by atoms with Crippen molar-refractivity contribution in [1.29, 1.82) is 0 Å². The molecule has 12 heavy (non-hydrogen) atoms. The summed E-state index contributed by atoms with van der Waals surface area (Å²) in [6.07, 6.45) is 0.181. The van der Waals surface area contributed by atoms with E-state index in [4.69, 9.17) is 9.47 Å². The summed E-state index contributed by atoms with van der Waals surface area (Å²) in [6, 6.07) is 0. The fourth-order valence-electron chi connectivity index (χ4n) is 0.849. The van der Waals surface area contributed by atoms with E-state index < -0.39 is 6.29 Å².